The number of methoxy groups -OCH3 is 2. The molecule has 69 heavy (non-hydrogen) atoms. The van der Waals surface area contributed by atoms with E-state index >= 15 is 0 Å². The van der Waals surface area contributed by atoms with Gasteiger partial charge in [-0.1, -0.05) is 18.2 Å². The Morgan fingerprint density at radius 1 is 0.449 bits per heavy atom. The molecule has 348 valence electrons. The lowest BCUT2D eigenvalue weighted by Gasteiger charge is -2.10. The Morgan fingerprint density at radius 2 is 1.00 bits per heavy atom. The Bertz CT molecular complexity index is 3680. The van der Waals surface area contributed by atoms with Crippen molar-refractivity contribution < 1.29 is 40.5 Å². The van der Waals surface area contributed by atoms with Crippen LogP contribution in [-0.4, -0.2) is 45.3 Å². The smallest absolute Gasteiger partial charge is 0.296 e. The molecule has 0 radical (unpaired) electrons. The summed E-state index contributed by atoms with van der Waals surface area (Å²) in [4.78, 5) is -1.06. The van der Waals surface area contributed by atoms with Gasteiger partial charge in [0.25, 0.3) is 20.2 Å². The van der Waals surface area contributed by atoms with Crippen LogP contribution < -0.4 is 14.8 Å². The summed E-state index contributed by atoms with van der Waals surface area (Å²) in [6, 6.07) is 36.5. The van der Waals surface area contributed by atoms with Crippen LogP contribution in [0.3, 0.4) is 0 Å². The number of rotatable bonds is 14. The second kappa shape index (κ2) is 19.5. The van der Waals surface area contributed by atoms with Gasteiger partial charge in [0.2, 0.25) is 0 Å². The Balaban J connectivity index is 0.938. The average molecular weight is 964 g/mol. The van der Waals surface area contributed by atoms with E-state index in [0.717, 1.165) is 51.8 Å². The number of nitrogens with zero attached hydrogens (tertiary/aromatic N) is 8. The van der Waals surface area contributed by atoms with E-state index < -0.39 is 30.0 Å². The Kier molecular flexibility index (Phi) is 13.3. The number of fused-ring (bicyclic) bond motifs is 2. The lowest BCUT2D eigenvalue weighted by atomic mass is 10.1. The minimum absolute atomic E-state index is 0.00825. The molecule has 4 N–H and O–H groups in total. The fraction of sp³-hybridized carbons (Fsp3) is 0.102. The van der Waals surface area contributed by atoms with E-state index in [1.165, 1.54) is 19.2 Å². The predicted octanol–water partition coefficient (Wildman–Crippen LogP) is 14.5. The fourth-order valence-corrected chi connectivity index (χ4v) is 8.50. The highest BCUT2D eigenvalue weighted by atomic mass is 32.2. The Hall–Kier alpha value is -8.30. The Morgan fingerprint density at radius 3 is 1.62 bits per heavy atom. The standard InChI is InChI=1S/C49H41N9O9S2/c1-28-21-36(13-19-40(28)53-51-35-14-20-41(29(2)22-35)54-58-45-26-39-31(25-48(45)69(63,64)65)7-6-8-47(39)68(60,61)62)52-56-43-27-46(67-5)44(23-30(43)3)57-55-42-18-9-32-24-34(12-17-38(32)49(42)59)50-33-10-15-37(66-4)16-11-33/h6-27,50,59H,1-5H3,(H,60,61,62)(H,63,64,65). The van der Waals surface area contributed by atoms with Crippen molar-refractivity contribution in [1.82, 2.24) is 0 Å². The zero-order chi connectivity index (χ0) is 49.0. The molecule has 0 aromatic heterocycles. The van der Waals surface area contributed by atoms with Gasteiger partial charge in [-0.05, 0) is 157 Å². The van der Waals surface area contributed by atoms with Crippen molar-refractivity contribution in [2.45, 2.75) is 30.6 Å². The summed E-state index contributed by atoms with van der Waals surface area (Å²) < 4.78 is 78.9. The first-order chi connectivity index (χ1) is 33.0. The minimum Gasteiger partial charge on any atom is -0.505 e. The number of ether oxygens (including phenoxy) is 2. The number of phenolic OH excluding ortho intramolecular Hbond substituents is 1. The summed E-state index contributed by atoms with van der Waals surface area (Å²) in [5.41, 5.74) is 6.72. The molecule has 0 amide bonds. The number of phenols is 1. The van der Waals surface area contributed by atoms with Crippen LogP contribution in [0.15, 0.2) is 184 Å². The van der Waals surface area contributed by atoms with Crippen molar-refractivity contribution in [2.24, 2.45) is 40.9 Å². The number of aryl methyl sites for hydroxylation is 3. The van der Waals surface area contributed by atoms with E-state index in [-0.39, 0.29) is 27.9 Å². The molecule has 0 aliphatic carbocycles. The quantitative estimate of drug-likeness (QED) is 0.0592. The third-order valence-corrected chi connectivity index (χ3v) is 12.6. The zero-order valence-electron chi connectivity index (χ0n) is 37.4. The molecule has 0 saturated heterocycles. The van der Waals surface area contributed by atoms with Crippen molar-refractivity contribution in [3.05, 3.63) is 150 Å². The molecule has 20 heteroatoms. The van der Waals surface area contributed by atoms with Gasteiger partial charge in [-0.15, -0.1) is 15.3 Å². The third kappa shape index (κ3) is 10.8. The highest BCUT2D eigenvalue weighted by Crippen LogP contribution is 2.41. The van der Waals surface area contributed by atoms with Gasteiger partial charge < -0.3 is 19.9 Å². The molecule has 0 unspecified atom stereocenters. The van der Waals surface area contributed by atoms with E-state index in [1.807, 2.05) is 68.4 Å². The lowest BCUT2D eigenvalue weighted by Crippen LogP contribution is -2.01. The van der Waals surface area contributed by atoms with Crippen LogP contribution in [0.4, 0.5) is 56.9 Å². The molecule has 0 aliphatic rings. The van der Waals surface area contributed by atoms with E-state index in [9.17, 15) is 31.0 Å². The predicted molar refractivity (Wildman–Crippen MR) is 262 cm³/mol. The monoisotopic (exact) mass is 963 g/mol. The molecule has 0 bridgehead atoms. The van der Waals surface area contributed by atoms with E-state index in [1.54, 1.807) is 62.6 Å². The minimum atomic E-state index is -4.80. The van der Waals surface area contributed by atoms with Crippen molar-refractivity contribution in [3.63, 3.8) is 0 Å². The van der Waals surface area contributed by atoms with Gasteiger partial charge >= 0.3 is 0 Å². The maximum atomic E-state index is 12.2. The summed E-state index contributed by atoms with van der Waals surface area (Å²) in [7, 11) is -6.34. The maximum Gasteiger partial charge on any atom is 0.296 e. The lowest BCUT2D eigenvalue weighted by molar-refractivity contribution is 0.415. The van der Waals surface area contributed by atoms with Crippen molar-refractivity contribution in [3.8, 4) is 17.2 Å². The van der Waals surface area contributed by atoms with Gasteiger partial charge in [0.05, 0.1) is 42.7 Å². The van der Waals surface area contributed by atoms with Crippen LogP contribution in [-0.2, 0) is 20.2 Å². The topological polar surface area (TPSA) is 258 Å². The number of hydrogen-bond donors (Lipinski definition) is 4. The number of benzene rings is 8. The summed E-state index contributed by atoms with van der Waals surface area (Å²) in [5, 5.41) is 50.6. The number of nitrogens with one attached hydrogen (secondary N) is 1. The molecule has 0 heterocycles. The van der Waals surface area contributed by atoms with Gasteiger partial charge in [-0.25, -0.2) is 0 Å². The van der Waals surface area contributed by atoms with Crippen LogP contribution in [0.5, 0.6) is 17.2 Å². The molecule has 8 aromatic carbocycles. The van der Waals surface area contributed by atoms with Gasteiger partial charge in [0, 0.05) is 28.2 Å². The van der Waals surface area contributed by atoms with E-state index in [2.05, 4.69) is 46.2 Å². The molecule has 0 saturated carbocycles. The van der Waals surface area contributed by atoms with Crippen LogP contribution in [0.1, 0.15) is 16.7 Å². The highest BCUT2D eigenvalue weighted by Gasteiger charge is 2.21. The molecule has 8 rings (SSSR count). The highest BCUT2D eigenvalue weighted by molar-refractivity contribution is 7.86. The van der Waals surface area contributed by atoms with Gasteiger partial charge in [0.15, 0.2) is 5.75 Å². The SMILES string of the molecule is COc1ccc(Nc2ccc3c(O)c(N=Nc4cc(C)c(N=Nc5ccc(N=Nc6ccc(N=Nc7cc8c(S(=O)(=O)O)cccc8cc7S(=O)(=O)O)c(C)c6)c(C)c5)cc4OC)ccc3c2)cc1. The normalized spacial score (nSPS) is 12.3. The first-order valence-corrected chi connectivity index (χ1v) is 23.6. The van der Waals surface area contributed by atoms with Gasteiger partial charge in [-0.3, -0.25) is 9.11 Å². The van der Waals surface area contributed by atoms with Crippen molar-refractivity contribution in [1.29, 1.82) is 0 Å². The Labute approximate surface area is 396 Å². The van der Waals surface area contributed by atoms with Gasteiger partial charge in [-0.2, -0.15) is 42.4 Å². The molecule has 0 spiro atoms. The fourth-order valence-electron chi connectivity index (χ4n) is 7.15. The van der Waals surface area contributed by atoms with Crippen LogP contribution in [0.25, 0.3) is 21.5 Å². The molecule has 18 nitrogen and oxygen atoms in total. The maximum absolute atomic E-state index is 12.2. The number of anilines is 2. The molecular weight excluding hydrogens is 923 g/mol. The molecule has 0 aliphatic heterocycles. The number of aromatic hydroxyl groups is 1. The third-order valence-electron chi connectivity index (χ3n) is 10.8. The zero-order valence-corrected chi connectivity index (χ0v) is 39.0. The van der Waals surface area contributed by atoms with E-state index in [0.29, 0.717) is 50.8 Å². The van der Waals surface area contributed by atoms with Crippen LogP contribution in [0, 0.1) is 20.8 Å². The molecule has 0 atom stereocenters. The summed E-state index contributed by atoms with van der Waals surface area (Å²) >= 11 is 0. The van der Waals surface area contributed by atoms with E-state index in [4.69, 9.17) is 9.47 Å². The second-order valence-electron chi connectivity index (χ2n) is 15.5. The summed E-state index contributed by atoms with van der Waals surface area (Å²) in [6.45, 7) is 5.44. The van der Waals surface area contributed by atoms with Crippen molar-refractivity contribution >= 4 is 98.7 Å². The summed E-state index contributed by atoms with van der Waals surface area (Å²) in [6.07, 6.45) is 0. The second-order valence-corrected chi connectivity index (χ2v) is 18.3. The first-order valence-electron chi connectivity index (χ1n) is 20.7. The van der Waals surface area contributed by atoms with Crippen LogP contribution in [0.2, 0.25) is 0 Å². The van der Waals surface area contributed by atoms with Crippen molar-refractivity contribution in [2.75, 3.05) is 19.5 Å². The molecule has 0 fully saturated rings. The largest absolute Gasteiger partial charge is 0.505 e. The first kappa shape index (κ1) is 47.2. The van der Waals surface area contributed by atoms with Crippen LogP contribution >= 0.6 is 0 Å². The van der Waals surface area contributed by atoms with Gasteiger partial charge in [0.1, 0.15) is 38.4 Å². The number of hydrogen-bond acceptors (Lipinski definition) is 16. The number of azo groups is 4. The summed E-state index contributed by atoms with van der Waals surface area (Å²) in [5.74, 6) is 1.16. The molecule has 8 aromatic rings. The molecular formula is C49H41N9O9S2. The average Bonchev–Trinajstić information content (AvgIpc) is 3.32.